The van der Waals surface area contributed by atoms with Crippen molar-refractivity contribution in [2.45, 2.75) is 38.5 Å². The molecule has 0 atom stereocenters. The zero-order valence-electron chi connectivity index (χ0n) is 11.0. The van der Waals surface area contributed by atoms with E-state index in [0.717, 1.165) is 41.4 Å². The number of rotatable bonds is 9. The molecule has 1 amide bonds. The summed E-state index contributed by atoms with van der Waals surface area (Å²) in [5, 5.41) is 2.91. The number of halogens is 2. The monoisotopic (exact) mass is 393 g/mol. The Balaban J connectivity index is 2.08. The third kappa shape index (κ3) is 6.58. The van der Waals surface area contributed by atoms with Gasteiger partial charge in [-0.15, -0.1) is 0 Å². The molecule has 6 heteroatoms. The van der Waals surface area contributed by atoms with Crippen LogP contribution in [0.15, 0.2) is 15.1 Å². The first-order chi connectivity index (χ1) is 9.15. The topological polar surface area (TPSA) is 70.9 Å². The van der Waals surface area contributed by atoms with Crippen LogP contribution in [0.1, 0.15) is 49.0 Å². The number of H-pyrrole nitrogens is 1. The first-order valence-electron chi connectivity index (χ1n) is 6.67. The molecule has 0 unspecified atom stereocenters. The van der Waals surface area contributed by atoms with Crippen LogP contribution < -0.4 is 11.1 Å². The van der Waals surface area contributed by atoms with Crippen LogP contribution in [0.3, 0.4) is 0 Å². The molecule has 1 aromatic heterocycles. The van der Waals surface area contributed by atoms with E-state index in [9.17, 15) is 4.79 Å². The number of hydrogen-bond acceptors (Lipinski definition) is 2. The van der Waals surface area contributed by atoms with Gasteiger partial charge >= 0.3 is 0 Å². The lowest BCUT2D eigenvalue weighted by atomic mass is 10.1. The van der Waals surface area contributed by atoms with E-state index in [1.54, 1.807) is 6.07 Å². The number of carbonyl (C=O) groups is 1. The Morgan fingerprint density at radius 2 is 1.79 bits per heavy atom. The fourth-order valence-corrected chi connectivity index (χ4v) is 2.46. The molecule has 0 aliphatic rings. The molecule has 0 aliphatic carbocycles. The second kappa shape index (κ2) is 9.55. The van der Waals surface area contributed by atoms with Gasteiger partial charge in [0.1, 0.15) is 5.69 Å². The van der Waals surface area contributed by atoms with Gasteiger partial charge in [0.15, 0.2) is 0 Å². The van der Waals surface area contributed by atoms with Crippen molar-refractivity contribution >= 4 is 37.8 Å². The Morgan fingerprint density at radius 1 is 1.16 bits per heavy atom. The third-order valence-corrected chi connectivity index (χ3v) is 4.67. The van der Waals surface area contributed by atoms with Crippen LogP contribution >= 0.6 is 31.9 Å². The summed E-state index contributed by atoms with van der Waals surface area (Å²) in [5.41, 5.74) is 6.01. The van der Waals surface area contributed by atoms with E-state index in [0.29, 0.717) is 5.69 Å². The zero-order chi connectivity index (χ0) is 14.1. The largest absolute Gasteiger partial charge is 0.351 e. The van der Waals surface area contributed by atoms with Gasteiger partial charge in [-0.3, -0.25) is 4.79 Å². The van der Waals surface area contributed by atoms with Crippen molar-refractivity contribution < 1.29 is 4.79 Å². The van der Waals surface area contributed by atoms with Crippen molar-refractivity contribution in [3.05, 3.63) is 20.8 Å². The molecule has 0 aliphatic heterocycles. The second-order valence-electron chi connectivity index (χ2n) is 4.51. The first-order valence-corrected chi connectivity index (χ1v) is 8.26. The molecule has 0 bridgehead atoms. The van der Waals surface area contributed by atoms with Crippen LogP contribution in [-0.4, -0.2) is 24.0 Å². The van der Waals surface area contributed by atoms with Gasteiger partial charge in [-0.2, -0.15) is 0 Å². The average Bonchev–Trinajstić information content (AvgIpc) is 2.73. The quantitative estimate of drug-likeness (QED) is 0.560. The third-order valence-electron chi connectivity index (χ3n) is 2.89. The Morgan fingerprint density at radius 3 is 2.37 bits per heavy atom. The van der Waals surface area contributed by atoms with Crippen LogP contribution in [0.2, 0.25) is 0 Å². The molecule has 19 heavy (non-hydrogen) atoms. The highest BCUT2D eigenvalue weighted by Crippen LogP contribution is 2.22. The SMILES string of the molecule is NCCCCCCCCNC(=O)c1cc(Br)c(Br)[nH]1. The van der Waals surface area contributed by atoms with E-state index in [2.05, 4.69) is 42.2 Å². The molecule has 1 aromatic rings. The lowest BCUT2D eigenvalue weighted by Gasteiger charge is -2.04. The minimum absolute atomic E-state index is 0.0606. The lowest BCUT2D eigenvalue weighted by molar-refractivity contribution is 0.0948. The molecule has 0 fully saturated rings. The maximum absolute atomic E-state index is 11.8. The molecule has 1 heterocycles. The Kier molecular flexibility index (Phi) is 8.41. The number of nitrogens with two attached hydrogens (primary N) is 1. The summed E-state index contributed by atoms with van der Waals surface area (Å²) >= 11 is 6.66. The van der Waals surface area contributed by atoms with Crippen molar-refractivity contribution in [3.8, 4) is 0 Å². The lowest BCUT2D eigenvalue weighted by Crippen LogP contribution is -2.24. The van der Waals surface area contributed by atoms with Crippen molar-refractivity contribution in [2.75, 3.05) is 13.1 Å². The highest BCUT2D eigenvalue weighted by molar-refractivity contribution is 9.13. The van der Waals surface area contributed by atoms with Crippen LogP contribution in [0.5, 0.6) is 0 Å². The van der Waals surface area contributed by atoms with E-state index in [-0.39, 0.29) is 5.91 Å². The van der Waals surface area contributed by atoms with Crippen LogP contribution in [0.25, 0.3) is 0 Å². The Bertz CT molecular complexity index is 374. The molecule has 0 saturated heterocycles. The van der Waals surface area contributed by atoms with Crippen molar-refractivity contribution in [1.82, 2.24) is 10.3 Å². The highest BCUT2D eigenvalue weighted by Gasteiger charge is 2.09. The number of hydrogen-bond donors (Lipinski definition) is 3. The van der Waals surface area contributed by atoms with Crippen molar-refractivity contribution in [3.63, 3.8) is 0 Å². The maximum Gasteiger partial charge on any atom is 0.267 e. The van der Waals surface area contributed by atoms with Crippen LogP contribution in [-0.2, 0) is 0 Å². The van der Waals surface area contributed by atoms with E-state index >= 15 is 0 Å². The molecule has 0 radical (unpaired) electrons. The Labute approximate surface area is 131 Å². The fourth-order valence-electron chi connectivity index (χ4n) is 1.80. The van der Waals surface area contributed by atoms with Crippen molar-refractivity contribution in [2.24, 2.45) is 5.73 Å². The minimum atomic E-state index is -0.0606. The number of aromatic amines is 1. The number of unbranched alkanes of at least 4 members (excludes halogenated alkanes) is 5. The van der Waals surface area contributed by atoms with E-state index in [4.69, 9.17) is 5.73 Å². The summed E-state index contributed by atoms with van der Waals surface area (Å²) < 4.78 is 1.65. The molecule has 0 saturated carbocycles. The van der Waals surface area contributed by atoms with E-state index in [1.165, 1.54) is 19.3 Å². The van der Waals surface area contributed by atoms with Gasteiger partial charge < -0.3 is 16.0 Å². The molecular formula is C13H21Br2N3O. The smallest absolute Gasteiger partial charge is 0.267 e. The molecule has 108 valence electrons. The number of amides is 1. The second-order valence-corrected chi connectivity index (χ2v) is 6.16. The van der Waals surface area contributed by atoms with Gasteiger partial charge in [-0.25, -0.2) is 0 Å². The van der Waals surface area contributed by atoms with Gasteiger partial charge in [0.05, 0.1) is 9.08 Å². The number of aromatic nitrogens is 1. The first kappa shape index (κ1) is 16.7. The summed E-state index contributed by atoms with van der Waals surface area (Å²) in [6, 6.07) is 1.77. The van der Waals surface area contributed by atoms with Gasteiger partial charge in [0.25, 0.3) is 5.91 Å². The number of carbonyl (C=O) groups excluding carboxylic acids is 1. The standard InChI is InChI=1S/C13H21Br2N3O/c14-10-9-11(18-12(10)15)13(19)17-8-6-4-2-1-3-5-7-16/h9,18H,1-8,16H2,(H,17,19). The molecule has 0 aromatic carbocycles. The summed E-state index contributed by atoms with van der Waals surface area (Å²) in [6.45, 7) is 1.52. The minimum Gasteiger partial charge on any atom is -0.351 e. The van der Waals surface area contributed by atoms with Crippen molar-refractivity contribution in [1.29, 1.82) is 0 Å². The van der Waals surface area contributed by atoms with Crippen LogP contribution in [0.4, 0.5) is 0 Å². The highest BCUT2D eigenvalue weighted by atomic mass is 79.9. The van der Waals surface area contributed by atoms with E-state index in [1.807, 2.05) is 0 Å². The van der Waals surface area contributed by atoms with Crippen LogP contribution in [0, 0.1) is 0 Å². The van der Waals surface area contributed by atoms with Gasteiger partial charge in [-0.1, -0.05) is 25.7 Å². The number of nitrogens with one attached hydrogen (secondary N) is 2. The molecule has 4 nitrogen and oxygen atoms in total. The summed E-state index contributed by atoms with van der Waals surface area (Å²) in [7, 11) is 0. The van der Waals surface area contributed by atoms with E-state index < -0.39 is 0 Å². The maximum atomic E-state index is 11.8. The normalized spacial score (nSPS) is 10.7. The summed E-state index contributed by atoms with van der Waals surface area (Å²) in [6.07, 6.45) is 6.97. The molecule has 1 rings (SSSR count). The van der Waals surface area contributed by atoms with Gasteiger partial charge in [0.2, 0.25) is 0 Å². The van der Waals surface area contributed by atoms with Gasteiger partial charge in [-0.05, 0) is 57.3 Å². The summed E-state index contributed by atoms with van der Waals surface area (Å²) in [4.78, 5) is 14.8. The zero-order valence-corrected chi connectivity index (χ0v) is 14.1. The predicted octanol–water partition coefficient (Wildman–Crippen LogP) is 3.57. The predicted molar refractivity (Wildman–Crippen MR) is 85.3 cm³/mol. The molecule has 0 spiro atoms. The molecule has 4 N–H and O–H groups in total. The summed E-state index contributed by atoms with van der Waals surface area (Å²) in [5.74, 6) is -0.0606. The van der Waals surface area contributed by atoms with Gasteiger partial charge in [0, 0.05) is 6.54 Å². The average molecular weight is 395 g/mol. The fraction of sp³-hybridized carbons (Fsp3) is 0.615. The molecular weight excluding hydrogens is 374 g/mol. The Hall–Kier alpha value is -0.330.